The van der Waals surface area contributed by atoms with Gasteiger partial charge in [-0.05, 0) is 79.3 Å². The molecule has 3 aromatic rings. The quantitative estimate of drug-likeness (QED) is 0.451. The minimum Gasteiger partial charge on any atom is -0.508 e. The van der Waals surface area contributed by atoms with E-state index in [2.05, 4.69) is 28.1 Å². The summed E-state index contributed by atoms with van der Waals surface area (Å²) < 4.78 is 11.3. The number of benzene rings is 2. The minimum atomic E-state index is -0.813. The van der Waals surface area contributed by atoms with Crippen LogP contribution in [0, 0.1) is 6.92 Å². The van der Waals surface area contributed by atoms with Gasteiger partial charge in [0.05, 0.1) is 18.4 Å². The van der Waals surface area contributed by atoms with Gasteiger partial charge in [0.2, 0.25) is 0 Å². The first-order valence-corrected chi connectivity index (χ1v) is 12.1. The van der Waals surface area contributed by atoms with E-state index in [1.165, 1.54) is 0 Å². The van der Waals surface area contributed by atoms with Gasteiger partial charge in [0.25, 0.3) is 0 Å². The van der Waals surface area contributed by atoms with E-state index >= 15 is 0 Å². The summed E-state index contributed by atoms with van der Waals surface area (Å²) in [7, 11) is 1.66. The molecule has 35 heavy (non-hydrogen) atoms. The maximum Gasteiger partial charge on any atom is 0.131 e. The Hall–Kier alpha value is -3.35. The van der Waals surface area contributed by atoms with Crippen molar-refractivity contribution in [3.8, 4) is 17.2 Å². The first kappa shape index (κ1) is 24.8. The lowest BCUT2D eigenvalue weighted by Gasteiger charge is -2.38. The zero-order valence-electron chi connectivity index (χ0n) is 20.5. The Bertz CT molecular complexity index is 1140. The number of nitrogens with zero attached hydrogens (tertiary/aromatic N) is 2. The van der Waals surface area contributed by atoms with Gasteiger partial charge in [-0.15, -0.1) is 0 Å². The Morgan fingerprint density at radius 1 is 1.09 bits per heavy atom. The largest absolute Gasteiger partial charge is 0.508 e. The molecule has 2 heterocycles. The van der Waals surface area contributed by atoms with Crippen molar-refractivity contribution in [1.82, 2.24) is 9.88 Å². The second-order valence-electron chi connectivity index (χ2n) is 9.07. The number of aliphatic hydroxyl groups is 1. The molecule has 0 aliphatic carbocycles. The molecule has 1 saturated heterocycles. The highest BCUT2D eigenvalue weighted by atomic mass is 16.5. The SMILES string of the molecule is COc1ccc(OCc2ncccc2/C=C\CCN2CCC(O)(c3ccc(O)cc3)CC2)c(C)c1. The third kappa shape index (κ3) is 6.41. The minimum absolute atomic E-state index is 0.223. The molecule has 6 heteroatoms. The summed E-state index contributed by atoms with van der Waals surface area (Å²) >= 11 is 0. The number of hydrogen-bond donors (Lipinski definition) is 2. The van der Waals surface area contributed by atoms with Gasteiger partial charge in [0.15, 0.2) is 0 Å². The van der Waals surface area contributed by atoms with Crippen LogP contribution in [0.5, 0.6) is 17.2 Å². The number of hydrogen-bond acceptors (Lipinski definition) is 6. The van der Waals surface area contributed by atoms with Crippen molar-refractivity contribution in [2.45, 2.75) is 38.4 Å². The number of rotatable bonds is 9. The molecule has 2 aromatic carbocycles. The highest BCUT2D eigenvalue weighted by Gasteiger charge is 2.33. The fourth-order valence-electron chi connectivity index (χ4n) is 4.45. The normalized spacial score (nSPS) is 15.9. The van der Waals surface area contributed by atoms with E-state index in [-0.39, 0.29) is 5.75 Å². The first-order valence-electron chi connectivity index (χ1n) is 12.1. The smallest absolute Gasteiger partial charge is 0.131 e. The maximum absolute atomic E-state index is 11.0. The molecule has 0 spiro atoms. The second-order valence-corrected chi connectivity index (χ2v) is 9.07. The molecule has 0 bridgehead atoms. The van der Waals surface area contributed by atoms with Crippen LogP contribution in [0.15, 0.2) is 66.9 Å². The van der Waals surface area contributed by atoms with Crippen LogP contribution in [0.1, 0.15) is 41.6 Å². The molecule has 4 rings (SSSR count). The molecule has 0 unspecified atom stereocenters. The summed E-state index contributed by atoms with van der Waals surface area (Å²) in [5, 5.41) is 20.5. The number of aromatic hydroxyl groups is 1. The lowest BCUT2D eigenvalue weighted by atomic mass is 9.84. The Kier molecular flexibility index (Phi) is 8.06. The molecule has 1 aromatic heterocycles. The molecular weight excluding hydrogens is 440 g/mol. The number of ether oxygens (including phenoxy) is 2. The molecule has 0 amide bonds. The van der Waals surface area contributed by atoms with Crippen molar-refractivity contribution >= 4 is 6.08 Å². The van der Waals surface area contributed by atoms with E-state index in [0.717, 1.165) is 59.9 Å². The zero-order chi connectivity index (χ0) is 24.7. The van der Waals surface area contributed by atoms with Crippen LogP contribution in [-0.4, -0.2) is 46.8 Å². The lowest BCUT2D eigenvalue weighted by molar-refractivity contribution is -0.0254. The van der Waals surface area contributed by atoms with Crippen molar-refractivity contribution in [3.63, 3.8) is 0 Å². The fourth-order valence-corrected chi connectivity index (χ4v) is 4.45. The van der Waals surface area contributed by atoms with Gasteiger partial charge < -0.3 is 24.6 Å². The van der Waals surface area contributed by atoms with Crippen LogP contribution in [0.2, 0.25) is 0 Å². The molecular formula is C29H34N2O4. The van der Waals surface area contributed by atoms with Crippen molar-refractivity contribution in [1.29, 1.82) is 0 Å². The van der Waals surface area contributed by atoms with Crippen LogP contribution in [-0.2, 0) is 12.2 Å². The summed E-state index contributed by atoms with van der Waals surface area (Å²) in [5.41, 5.74) is 3.05. The van der Waals surface area contributed by atoms with E-state index in [9.17, 15) is 10.2 Å². The highest BCUT2D eigenvalue weighted by Crippen LogP contribution is 2.33. The number of aryl methyl sites for hydroxylation is 1. The standard InChI is InChI=1S/C29H34N2O4/c1-22-20-26(34-2)12-13-28(22)35-21-27-23(7-5-16-30-27)6-3-4-17-31-18-14-29(33,15-19-31)24-8-10-25(32)11-9-24/h3,5-13,16,20,32-33H,4,14-15,17-19,21H2,1-2H3/b6-3-. The number of pyridine rings is 1. The first-order chi connectivity index (χ1) is 17.0. The average molecular weight is 475 g/mol. The Morgan fingerprint density at radius 2 is 1.86 bits per heavy atom. The van der Waals surface area contributed by atoms with Gasteiger partial charge in [-0.25, -0.2) is 0 Å². The summed E-state index contributed by atoms with van der Waals surface area (Å²) in [5.74, 6) is 1.86. The van der Waals surface area contributed by atoms with Crippen LogP contribution < -0.4 is 9.47 Å². The van der Waals surface area contributed by atoms with E-state index in [1.54, 1.807) is 25.4 Å². The van der Waals surface area contributed by atoms with Gasteiger partial charge in [-0.1, -0.05) is 30.4 Å². The number of phenolic OH excluding ortho intramolecular Hbond substituents is 1. The van der Waals surface area contributed by atoms with E-state index in [4.69, 9.17) is 9.47 Å². The summed E-state index contributed by atoms with van der Waals surface area (Å²) in [4.78, 5) is 6.91. The van der Waals surface area contributed by atoms with Gasteiger partial charge >= 0.3 is 0 Å². The summed E-state index contributed by atoms with van der Waals surface area (Å²) in [6, 6.07) is 16.7. The topological polar surface area (TPSA) is 75.1 Å². The molecule has 0 saturated carbocycles. The summed E-state index contributed by atoms with van der Waals surface area (Å²) in [6.07, 6.45) is 8.39. The Morgan fingerprint density at radius 3 is 2.57 bits per heavy atom. The fraction of sp³-hybridized carbons (Fsp3) is 0.345. The van der Waals surface area contributed by atoms with Crippen molar-refractivity contribution < 1.29 is 19.7 Å². The van der Waals surface area contributed by atoms with Gasteiger partial charge in [-0.2, -0.15) is 0 Å². The van der Waals surface area contributed by atoms with Crippen LogP contribution in [0.25, 0.3) is 6.08 Å². The second kappa shape index (κ2) is 11.4. The molecule has 1 fully saturated rings. The molecule has 0 atom stereocenters. The van der Waals surface area contributed by atoms with Crippen LogP contribution >= 0.6 is 0 Å². The number of methoxy groups -OCH3 is 1. The number of likely N-dealkylation sites (tertiary alicyclic amines) is 1. The molecule has 1 aliphatic heterocycles. The predicted octanol–water partition coefficient (Wildman–Crippen LogP) is 5.07. The molecule has 0 radical (unpaired) electrons. The third-order valence-corrected chi connectivity index (χ3v) is 6.67. The van der Waals surface area contributed by atoms with Crippen LogP contribution in [0.3, 0.4) is 0 Å². The molecule has 184 valence electrons. The van der Waals surface area contributed by atoms with E-state index in [1.807, 2.05) is 43.3 Å². The van der Waals surface area contributed by atoms with E-state index in [0.29, 0.717) is 19.4 Å². The Balaban J connectivity index is 1.27. The number of aromatic nitrogens is 1. The van der Waals surface area contributed by atoms with Crippen molar-refractivity contribution in [2.24, 2.45) is 0 Å². The monoisotopic (exact) mass is 474 g/mol. The van der Waals surface area contributed by atoms with Crippen LogP contribution in [0.4, 0.5) is 0 Å². The summed E-state index contributed by atoms with van der Waals surface area (Å²) in [6.45, 7) is 5.04. The van der Waals surface area contributed by atoms with Gasteiger partial charge in [-0.3, -0.25) is 4.98 Å². The molecule has 2 N–H and O–H groups in total. The zero-order valence-corrected chi connectivity index (χ0v) is 20.5. The predicted molar refractivity (Wildman–Crippen MR) is 138 cm³/mol. The van der Waals surface area contributed by atoms with Gasteiger partial charge in [0.1, 0.15) is 23.9 Å². The highest BCUT2D eigenvalue weighted by molar-refractivity contribution is 5.51. The Labute approximate surface area is 207 Å². The molecule has 6 nitrogen and oxygen atoms in total. The number of phenols is 1. The van der Waals surface area contributed by atoms with E-state index < -0.39 is 5.60 Å². The van der Waals surface area contributed by atoms with Gasteiger partial charge in [0, 0.05) is 25.8 Å². The third-order valence-electron chi connectivity index (χ3n) is 6.67. The number of piperidine rings is 1. The average Bonchev–Trinajstić information content (AvgIpc) is 2.88. The van der Waals surface area contributed by atoms with Crippen molar-refractivity contribution in [3.05, 3.63) is 89.3 Å². The maximum atomic E-state index is 11.0. The van der Waals surface area contributed by atoms with Crippen molar-refractivity contribution in [2.75, 3.05) is 26.7 Å². The molecule has 1 aliphatic rings. The lowest BCUT2D eigenvalue weighted by Crippen LogP contribution is -2.42.